The van der Waals surface area contributed by atoms with E-state index in [4.69, 9.17) is 4.74 Å². The first-order valence-electron chi connectivity index (χ1n) is 8.49. The summed E-state index contributed by atoms with van der Waals surface area (Å²) >= 11 is 0. The Kier molecular flexibility index (Phi) is 5.64. The lowest BCUT2D eigenvalue weighted by atomic mass is 10.2. The van der Waals surface area contributed by atoms with Crippen molar-refractivity contribution in [3.05, 3.63) is 64.5 Å². The van der Waals surface area contributed by atoms with Gasteiger partial charge in [0.25, 0.3) is 11.3 Å². The average molecular weight is 382 g/mol. The van der Waals surface area contributed by atoms with Crippen LogP contribution < -0.4 is 5.56 Å². The number of hydrogen-bond acceptors (Lipinski definition) is 7. The standard InChI is InChI=1S/C19H18N4O5/c1-3-28-14(9-13(24)19(26)27-2)16-21-15-17(22-16)20-11-23(18(15)25)10-12-7-5-4-6-8-12/h4-9,11H,3,10H2,1-2H3,(H,21,22)/b14-9-. The number of benzene rings is 1. The molecule has 0 aliphatic rings. The first-order chi connectivity index (χ1) is 13.5. The van der Waals surface area contributed by atoms with Crippen molar-refractivity contribution in [1.82, 2.24) is 19.5 Å². The van der Waals surface area contributed by atoms with E-state index in [2.05, 4.69) is 19.7 Å². The van der Waals surface area contributed by atoms with Crippen LogP contribution in [-0.4, -0.2) is 45.0 Å². The third kappa shape index (κ3) is 3.98. The zero-order valence-corrected chi connectivity index (χ0v) is 15.3. The van der Waals surface area contributed by atoms with E-state index < -0.39 is 11.8 Å². The molecule has 0 bridgehead atoms. The smallest absolute Gasteiger partial charge is 0.378 e. The van der Waals surface area contributed by atoms with Crippen molar-refractivity contribution in [2.45, 2.75) is 13.5 Å². The van der Waals surface area contributed by atoms with Gasteiger partial charge in [-0.2, -0.15) is 0 Å². The quantitative estimate of drug-likeness (QED) is 0.283. The highest BCUT2D eigenvalue weighted by Gasteiger charge is 2.18. The predicted molar refractivity (Wildman–Crippen MR) is 100 cm³/mol. The number of imidazole rings is 1. The Morgan fingerprint density at radius 3 is 2.68 bits per heavy atom. The van der Waals surface area contributed by atoms with Crippen LogP contribution in [0.5, 0.6) is 0 Å². The second-order valence-corrected chi connectivity index (χ2v) is 5.74. The molecule has 0 atom stereocenters. The van der Waals surface area contributed by atoms with Crippen molar-refractivity contribution >= 4 is 28.7 Å². The van der Waals surface area contributed by atoms with Gasteiger partial charge in [0.2, 0.25) is 0 Å². The number of aromatic amines is 1. The minimum Gasteiger partial charge on any atom is -0.490 e. The molecular formula is C19H18N4O5. The summed E-state index contributed by atoms with van der Waals surface area (Å²) in [5.41, 5.74) is 0.983. The third-order valence-electron chi connectivity index (χ3n) is 3.86. The van der Waals surface area contributed by atoms with E-state index in [0.29, 0.717) is 6.54 Å². The second kappa shape index (κ2) is 8.30. The number of carbonyl (C=O) groups is 2. The molecule has 0 saturated heterocycles. The molecule has 3 aromatic rings. The minimum atomic E-state index is -1.03. The van der Waals surface area contributed by atoms with Crippen LogP contribution in [0.15, 0.2) is 47.5 Å². The van der Waals surface area contributed by atoms with Crippen LogP contribution in [0.1, 0.15) is 18.3 Å². The molecule has 28 heavy (non-hydrogen) atoms. The predicted octanol–water partition coefficient (Wildman–Crippen LogP) is 1.29. The molecule has 1 N–H and O–H groups in total. The molecule has 3 rings (SSSR count). The number of H-pyrrole nitrogens is 1. The highest BCUT2D eigenvalue weighted by atomic mass is 16.5. The van der Waals surface area contributed by atoms with E-state index in [1.54, 1.807) is 6.92 Å². The zero-order chi connectivity index (χ0) is 20.1. The lowest BCUT2D eigenvalue weighted by molar-refractivity contribution is -0.149. The van der Waals surface area contributed by atoms with E-state index in [1.807, 2.05) is 30.3 Å². The SMILES string of the molecule is CCO/C(=C\C(=O)C(=O)OC)c1nc2ncn(Cc3ccccc3)c(=O)c2[nH]1. The number of nitrogens with zero attached hydrogens (tertiary/aromatic N) is 3. The molecule has 0 saturated carbocycles. The molecule has 0 aliphatic heterocycles. The fourth-order valence-corrected chi connectivity index (χ4v) is 2.55. The molecule has 0 amide bonds. The lowest BCUT2D eigenvalue weighted by Gasteiger charge is -2.05. The number of carbonyl (C=O) groups excluding carboxylic acids is 2. The van der Waals surface area contributed by atoms with Crippen molar-refractivity contribution in [3.8, 4) is 0 Å². The number of nitrogens with one attached hydrogen (secondary N) is 1. The number of ketones is 1. The summed E-state index contributed by atoms with van der Waals surface area (Å²) in [5.74, 6) is -1.79. The Morgan fingerprint density at radius 1 is 1.25 bits per heavy atom. The van der Waals surface area contributed by atoms with E-state index in [0.717, 1.165) is 18.7 Å². The van der Waals surface area contributed by atoms with E-state index >= 15 is 0 Å². The van der Waals surface area contributed by atoms with Gasteiger partial charge in [0.15, 0.2) is 22.7 Å². The van der Waals surface area contributed by atoms with Crippen LogP contribution in [0.4, 0.5) is 0 Å². The first kappa shape index (κ1) is 19.0. The number of aromatic nitrogens is 4. The van der Waals surface area contributed by atoms with Crippen LogP contribution in [0.2, 0.25) is 0 Å². The molecule has 0 aliphatic carbocycles. The summed E-state index contributed by atoms with van der Waals surface area (Å²) in [7, 11) is 1.11. The van der Waals surface area contributed by atoms with Gasteiger partial charge in [0, 0.05) is 6.08 Å². The summed E-state index contributed by atoms with van der Waals surface area (Å²) in [6.07, 6.45) is 2.38. The fraction of sp³-hybridized carbons (Fsp3) is 0.211. The number of ether oxygens (including phenoxy) is 2. The molecule has 0 spiro atoms. The Morgan fingerprint density at radius 2 is 2.00 bits per heavy atom. The molecule has 2 heterocycles. The number of fused-ring (bicyclic) bond motifs is 1. The van der Waals surface area contributed by atoms with Crippen LogP contribution in [0.25, 0.3) is 16.9 Å². The number of hydrogen-bond donors (Lipinski definition) is 1. The van der Waals surface area contributed by atoms with Crippen LogP contribution in [0.3, 0.4) is 0 Å². The zero-order valence-electron chi connectivity index (χ0n) is 15.3. The molecule has 0 fully saturated rings. The van der Waals surface area contributed by atoms with E-state index in [-0.39, 0.29) is 34.9 Å². The van der Waals surface area contributed by atoms with Crippen LogP contribution in [-0.2, 0) is 25.6 Å². The van der Waals surface area contributed by atoms with Crippen molar-refractivity contribution in [1.29, 1.82) is 0 Å². The summed E-state index contributed by atoms with van der Waals surface area (Å²) in [4.78, 5) is 47.2. The van der Waals surface area contributed by atoms with Crippen molar-refractivity contribution in [3.63, 3.8) is 0 Å². The summed E-state index contributed by atoms with van der Waals surface area (Å²) in [5, 5.41) is 0. The second-order valence-electron chi connectivity index (χ2n) is 5.74. The number of rotatable bonds is 7. The van der Waals surface area contributed by atoms with Crippen molar-refractivity contribution in [2.24, 2.45) is 0 Å². The third-order valence-corrected chi connectivity index (χ3v) is 3.86. The van der Waals surface area contributed by atoms with Gasteiger partial charge in [0.1, 0.15) is 6.33 Å². The highest BCUT2D eigenvalue weighted by molar-refractivity contribution is 6.39. The van der Waals surface area contributed by atoms with Crippen LogP contribution in [0, 0.1) is 0 Å². The maximum Gasteiger partial charge on any atom is 0.378 e. The largest absolute Gasteiger partial charge is 0.490 e. The Labute approximate surface area is 159 Å². The normalized spacial score (nSPS) is 11.4. The van der Waals surface area contributed by atoms with E-state index in [1.165, 1.54) is 10.9 Å². The monoisotopic (exact) mass is 382 g/mol. The van der Waals surface area contributed by atoms with Gasteiger partial charge in [-0.05, 0) is 12.5 Å². The molecule has 0 unspecified atom stereocenters. The molecule has 1 aromatic carbocycles. The maximum absolute atomic E-state index is 12.8. The van der Waals surface area contributed by atoms with Gasteiger partial charge < -0.3 is 14.5 Å². The summed E-state index contributed by atoms with van der Waals surface area (Å²) in [6.45, 7) is 2.29. The van der Waals surface area contributed by atoms with Gasteiger partial charge >= 0.3 is 5.97 Å². The average Bonchev–Trinajstić information content (AvgIpc) is 3.15. The number of methoxy groups -OCH3 is 1. The first-order valence-corrected chi connectivity index (χ1v) is 8.49. The molecular weight excluding hydrogens is 364 g/mol. The summed E-state index contributed by atoms with van der Waals surface area (Å²) in [6, 6.07) is 9.48. The van der Waals surface area contributed by atoms with E-state index in [9.17, 15) is 14.4 Å². The maximum atomic E-state index is 12.8. The van der Waals surface area contributed by atoms with Crippen LogP contribution >= 0.6 is 0 Å². The summed E-state index contributed by atoms with van der Waals surface area (Å²) < 4.78 is 11.2. The van der Waals surface area contributed by atoms with Gasteiger partial charge in [-0.3, -0.25) is 14.2 Å². The lowest BCUT2D eigenvalue weighted by Crippen LogP contribution is -2.21. The Balaban J connectivity index is 1.99. The fourth-order valence-electron chi connectivity index (χ4n) is 2.55. The van der Waals surface area contributed by atoms with Gasteiger partial charge in [0.05, 0.1) is 20.3 Å². The molecule has 9 heteroatoms. The molecule has 9 nitrogen and oxygen atoms in total. The van der Waals surface area contributed by atoms with Crippen molar-refractivity contribution in [2.75, 3.05) is 13.7 Å². The highest BCUT2D eigenvalue weighted by Crippen LogP contribution is 2.15. The number of esters is 1. The van der Waals surface area contributed by atoms with Gasteiger partial charge in [-0.25, -0.2) is 14.8 Å². The minimum absolute atomic E-state index is 0.0184. The van der Waals surface area contributed by atoms with Crippen molar-refractivity contribution < 1.29 is 19.1 Å². The molecule has 0 radical (unpaired) electrons. The molecule has 2 aromatic heterocycles. The van der Waals surface area contributed by atoms with Gasteiger partial charge in [-0.15, -0.1) is 0 Å². The topological polar surface area (TPSA) is 116 Å². The molecule has 144 valence electrons. The Bertz CT molecular complexity index is 1100. The Hall–Kier alpha value is -3.75. The van der Waals surface area contributed by atoms with Gasteiger partial charge in [-0.1, -0.05) is 30.3 Å².